The maximum Gasteiger partial charge on any atom is 0.257 e. The summed E-state index contributed by atoms with van der Waals surface area (Å²) in [7, 11) is 3.99. The number of hydrogen-bond acceptors (Lipinski definition) is 5. The quantitative estimate of drug-likeness (QED) is 0.735. The van der Waals surface area contributed by atoms with Crippen molar-refractivity contribution in [3.05, 3.63) is 51.7 Å². The van der Waals surface area contributed by atoms with Gasteiger partial charge >= 0.3 is 0 Å². The van der Waals surface area contributed by atoms with E-state index in [1.165, 1.54) is 0 Å². The molecule has 8 nitrogen and oxygen atoms in total. The van der Waals surface area contributed by atoms with Gasteiger partial charge in [0.05, 0.1) is 11.8 Å². The summed E-state index contributed by atoms with van der Waals surface area (Å²) < 4.78 is 3.67. The Kier molecular flexibility index (Phi) is 5.44. The number of carbonyl (C=O) groups excluding carboxylic acids is 1. The van der Waals surface area contributed by atoms with Crippen molar-refractivity contribution in [1.29, 1.82) is 0 Å². The van der Waals surface area contributed by atoms with Crippen LogP contribution in [0.5, 0.6) is 0 Å². The normalized spacial score (nSPS) is 24.6. The fourth-order valence-electron chi connectivity index (χ4n) is 5.49. The minimum absolute atomic E-state index is 0.0429. The van der Waals surface area contributed by atoms with E-state index in [1.807, 2.05) is 22.6 Å². The number of carbonyl (C=O) groups is 1. The van der Waals surface area contributed by atoms with E-state index in [0.29, 0.717) is 31.1 Å². The molecule has 0 radical (unpaired) electrons. The third-order valence-electron chi connectivity index (χ3n) is 7.13. The van der Waals surface area contributed by atoms with Gasteiger partial charge in [0.15, 0.2) is 0 Å². The Balaban J connectivity index is 1.34. The largest absolute Gasteiger partial charge is 0.338 e. The van der Waals surface area contributed by atoms with Crippen LogP contribution in [0.1, 0.15) is 40.4 Å². The van der Waals surface area contributed by atoms with Crippen molar-refractivity contribution >= 4 is 5.91 Å². The third kappa shape index (κ3) is 4.06. The smallest absolute Gasteiger partial charge is 0.257 e. The molecule has 0 unspecified atom stereocenters. The molecule has 2 aromatic heterocycles. The molecule has 0 aromatic carbocycles. The fraction of sp³-hybridized carbons (Fsp3) is 0.609. The lowest BCUT2D eigenvalue weighted by atomic mass is 9.82. The van der Waals surface area contributed by atoms with Gasteiger partial charge in [-0.1, -0.05) is 6.07 Å². The lowest BCUT2D eigenvalue weighted by molar-refractivity contribution is 0.0594. The van der Waals surface area contributed by atoms with Gasteiger partial charge in [-0.05, 0) is 45.0 Å². The molecule has 0 aliphatic carbocycles. The number of aromatic nitrogens is 3. The highest BCUT2D eigenvalue weighted by atomic mass is 16.2. The minimum Gasteiger partial charge on any atom is -0.338 e. The first-order chi connectivity index (χ1) is 15.0. The minimum atomic E-state index is 0.0429. The lowest BCUT2D eigenvalue weighted by Crippen LogP contribution is -2.49. The van der Waals surface area contributed by atoms with E-state index in [2.05, 4.69) is 28.0 Å². The van der Waals surface area contributed by atoms with Crippen molar-refractivity contribution in [1.82, 2.24) is 29.0 Å². The number of hydrogen-bond donors (Lipinski definition) is 0. The SMILES string of the molecule is CN1CCCN(Cc2ccc3n(c2=O)C[C@H]2C[C@@H]3CN(C(=O)c3cnn(C)c3)C2)CC1. The number of likely N-dealkylation sites (tertiary alicyclic amines) is 1. The maximum absolute atomic E-state index is 13.3. The molecule has 0 saturated carbocycles. The number of pyridine rings is 1. The van der Waals surface area contributed by atoms with Gasteiger partial charge in [0.25, 0.3) is 11.5 Å². The predicted octanol–water partition coefficient (Wildman–Crippen LogP) is 0.979. The summed E-state index contributed by atoms with van der Waals surface area (Å²) in [6.45, 7) is 7.04. The van der Waals surface area contributed by atoms with Gasteiger partial charge in [0.2, 0.25) is 0 Å². The standard InChI is InChI=1S/C23H32N6O2/c1-25-6-3-7-27(9-8-25)15-18-4-5-21-19-10-17(13-29(21)23(18)31)12-28(16-19)22(30)20-11-24-26(2)14-20/h4-5,11,14,17,19H,3,6-10,12-13,15-16H2,1-2H3/t17-,19+/m0/s1. The molecule has 5 heterocycles. The van der Waals surface area contributed by atoms with Crippen LogP contribution >= 0.6 is 0 Å². The Morgan fingerprint density at radius 1 is 1.10 bits per heavy atom. The van der Waals surface area contributed by atoms with Gasteiger partial charge in [-0.2, -0.15) is 5.10 Å². The van der Waals surface area contributed by atoms with E-state index in [9.17, 15) is 9.59 Å². The highest BCUT2D eigenvalue weighted by Crippen LogP contribution is 2.35. The molecule has 8 heteroatoms. The number of nitrogens with zero attached hydrogens (tertiary/aromatic N) is 6. The summed E-state index contributed by atoms with van der Waals surface area (Å²) in [6.07, 6.45) is 5.61. The second-order valence-corrected chi connectivity index (χ2v) is 9.54. The molecule has 0 spiro atoms. The van der Waals surface area contributed by atoms with Crippen molar-refractivity contribution in [3.63, 3.8) is 0 Å². The van der Waals surface area contributed by atoms with E-state index < -0.39 is 0 Å². The average Bonchev–Trinajstić information content (AvgIpc) is 3.09. The van der Waals surface area contributed by atoms with E-state index in [0.717, 1.165) is 56.8 Å². The van der Waals surface area contributed by atoms with Crippen LogP contribution in [0.3, 0.4) is 0 Å². The highest BCUT2D eigenvalue weighted by molar-refractivity contribution is 5.93. The van der Waals surface area contributed by atoms with Crippen LogP contribution in [0.2, 0.25) is 0 Å². The van der Waals surface area contributed by atoms with E-state index in [-0.39, 0.29) is 17.4 Å². The summed E-state index contributed by atoms with van der Waals surface area (Å²) in [4.78, 5) is 33.0. The van der Waals surface area contributed by atoms with Gasteiger partial charge < -0.3 is 14.4 Å². The summed E-state index contributed by atoms with van der Waals surface area (Å²) in [6, 6.07) is 4.17. The number of piperidine rings is 1. The number of amides is 1. The van der Waals surface area contributed by atoms with Crippen molar-refractivity contribution in [3.8, 4) is 0 Å². The van der Waals surface area contributed by atoms with Crippen LogP contribution in [-0.2, 0) is 20.1 Å². The molecule has 1 amide bonds. The van der Waals surface area contributed by atoms with E-state index >= 15 is 0 Å². The molecule has 3 aliphatic rings. The summed E-state index contributed by atoms with van der Waals surface area (Å²) in [5.74, 6) is 0.592. The molecule has 2 aromatic rings. The zero-order chi connectivity index (χ0) is 21.5. The highest BCUT2D eigenvalue weighted by Gasteiger charge is 2.37. The maximum atomic E-state index is 13.3. The Morgan fingerprint density at radius 3 is 2.77 bits per heavy atom. The van der Waals surface area contributed by atoms with E-state index in [4.69, 9.17) is 0 Å². The second-order valence-electron chi connectivity index (χ2n) is 9.54. The molecular formula is C23H32N6O2. The molecule has 2 bridgehead atoms. The number of aryl methyl sites for hydroxylation is 1. The molecule has 0 N–H and O–H groups in total. The molecule has 2 fully saturated rings. The zero-order valence-corrected chi connectivity index (χ0v) is 18.5. The monoisotopic (exact) mass is 424 g/mol. The first kappa shape index (κ1) is 20.5. The van der Waals surface area contributed by atoms with Crippen molar-refractivity contribution in [2.75, 3.05) is 46.3 Å². The van der Waals surface area contributed by atoms with Crippen LogP contribution in [0.25, 0.3) is 0 Å². The van der Waals surface area contributed by atoms with Crippen LogP contribution < -0.4 is 5.56 Å². The van der Waals surface area contributed by atoms with Crippen molar-refractivity contribution in [2.24, 2.45) is 13.0 Å². The fourth-order valence-corrected chi connectivity index (χ4v) is 5.49. The predicted molar refractivity (Wildman–Crippen MR) is 118 cm³/mol. The summed E-state index contributed by atoms with van der Waals surface area (Å²) >= 11 is 0. The van der Waals surface area contributed by atoms with Gasteiger partial charge in [-0.25, -0.2) is 0 Å². The summed E-state index contributed by atoms with van der Waals surface area (Å²) in [5, 5.41) is 4.14. The molecule has 2 atom stereocenters. The zero-order valence-electron chi connectivity index (χ0n) is 18.5. The Bertz CT molecular complexity index is 1030. The van der Waals surface area contributed by atoms with Crippen molar-refractivity contribution < 1.29 is 4.79 Å². The van der Waals surface area contributed by atoms with Crippen LogP contribution in [0, 0.1) is 5.92 Å². The Hall–Kier alpha value is -2.45. The number of likely N-dealkylation sites (N-methyl/N-ethyl adjacent to an activating group) is 1. The lowest BCUT2D eigenvalue weighted by Gasteiger charge is -2.42. The number of fused-ring (bicyclic) bond motifs is 4. The molecule has 5 rings (SSSR count). The molecular weight excluding hydrogens is 392 g/mol. The second kappa shape index (κ2) is 8.24. The van der Waals surface area contributed by atoms with Gasteiger partial charge in [0.1, 0.15) is 0 Å². The average molecular weight is 425 g/mol. The topological polar surface area (TPSA) is 66.6 Å². The first-order valence-corrected chi connectivity index (χ1v) is 11.4. The van der Waals surface area contributed by atoms with Gasteiger partial charge in [0, 0.05) is 69.7 Å². The van der Waals surface area contributed by atoms with Crippen molar-refractivity contribution in [2.45, 2.75) is 31.8 Å². The first-order valence-electron chi connectivity index (χ1n) is 11.4. The van der Waals surface area contributed by atoms with Gasteiger partial charge in [-0.15, -0.1) is 0 Å². The van der Waals surface area contributed by atoms with Gasteiger partial charge in [-0.3, -0.25) is 19.2 Å². The third-order valence-corrected chi connectivity index (χ3v) is 7.13. The Labute approximate surface area is 183 Å². The summed E-state index contributed by atoms with van der Waals surface area (Å²) in [5.41, 5.74) is 2.79. The molecule has 166 valence electrons. The molecule has 3 aliphatic heterocycles. The van der Waals surface area contributed by atoms with Crippen LogP contribution in [-0.4, -0.2) is 81.3 Å². The Morgan fingerprint density at radius 2 is 1.97 bits per heavy atom. The van der Waals surface area contributed by atoms with E-state index in [1.54, 1.807) is 17.1 Å². The molecule has 31 heavy (non-hydrogen) atoms. The number of rotatable bonds is 3. The molecule has 2 saturated heterocycles. The van der Waals surface area contributed by atoms with Crippen LogP contribution in [0.4, 0.5) is 0 Å². The van der Waals surface area contributed by atoms with Crippen LogP contribution in [0.15, 0.2) is 29.3 Å².